The van der Waals surface area contributed by atoms with Gasteiger partial charge in [0.15, 0.2) is 5.78 Å². The number of allylic oxidation sites excluding steroid dienone is 1. The number of carbonyl (C=O) groups excluding carboxylic acids is 1. The lowest BCUT2D eigenvalue weighted by Gasteiger charge is -2.13. The van der Waals surface area contributed by atoms with E-state index in [1.165, 1.54) is 18.7 Å². The fourth-order valence-electron chi connectivity index (χ4n) is 3.32. The molecule has 32 heavy (non-hydrogen) atoms. The molecule has 5 heteroatoms. The topological polar surface area (TPSA) is 54.0 Å². The van der Waals surface area contributed by atoms with E-state index in [9.17, 15) is 4.79 Å². The molecule has 0 aliphatic carbocycles. The third kappa shape index (κ3) is 5.30. The van der Waals surface area contributed by atoms with E-state index in [2.05, 4.69) is 13.0 Å². The molecule has 0 fully saturated rings. The van der Waals surface area contributed by atoms with Gasteiger partial charge >= 0.3 is 0 Å². The molecule has 0 N–H and O–H groups in total. The highest BCUT2D eigenvalue weighted by Gasteiger charge is 2.12. The first-order chi connectivity index (χ1) is 15.5. The maximum absolute atomic E-state index is 12.8. The summed E-state index contributed by atoms with van der Waals surface area (Å²) in [6.45, 7) is 4.45. The van der Waals surface area contributed by atoms with E-state index in [0.717, 1.165) is 28.2 Å². The molecule has 0 radical (unpaired) electrons. The van der Waals surface area contributed by atoms with Crippen LogP contribution in [0, 0.1) is 13.8 Å². The molecule has 0 heterocycles. The second-order valence-corrected chi connectivity index (χ2v) is 7.32. The van der Waals surface area contributed by atoms with Crippen molar-refractivity contribution in [1.29, 1.82) is 0 Å². The number of hydrogen-bond acceptors (Lipinski definition) is 5. The molecule has 3 aromatic carbocycles. The van der Waals surface area contributed by atoms with E-state index < -0.39 is 0 Å². The Morgan fingerprint density at radius 2 is 1.59 bits per heavy atom. The molecule has 0 bridgehead atoms. The Labute approximate surface area is 189 Å². The van der Waals surface area contributed by atoms with E-state index >= 15 is 0 Å². The Bertz CT molecular complexity index is 1130. The van der Waals surface area contributed by atoms with Gasteiger partial charge in [0.25, 0.3) is 0 Å². The van der Waals surface area contributed by atoms with Gasteiger partial charge in [-0.05, 0) is 73.0 Å². The largest absolute Gasteiger partial charge is 0.497 e. The fraction of sp³-hybridized carbons (Fsp3) is 0.222. The van der Waals surface area contributed by atoms with E-state index in [1.54, 1.807) is 38.5 Å². The van der Waals surface area contributed by atoms with Crippen molar-refractivity contribution >= 4 is 11.9 Å². The lowest BCUT2D eigenvalue weighted by Crippen LogP contribution is -2.01. The first kappa shape index (κ1) is 22.9. The van der Waals surface area contributed by atoms with Gasteiger partial charge in [-0.15, -0.1) is 0 Å². The zero-order valence-corrected chi connectivity index (χ0v) is 19.1. The zero-order chi connectivity index (χ0) is 23.1. The van der Waals surface area contributed by atoms with Crippen molar-refractivity contribution in [2.75, 3.05) is 21.3 Å². The minimum absolute atomic E-state index is 0.176. The molecule has 0 saturated carbocycles. The molecule has 3 aromatic rings. The van der Waals surface area contributed by atoms with Crippen molar-refractivity contribution in [3.05, 3.63) is 88.5 Å². The van der Waals surface area contributed by atoms with Gasteiger partial charge in [-0.1, -0.05) is 24.3 Å². The standard InChI is InChI=1S/C27H28O5/c1-18-7-6-8-25(19(18)2)32-17-21-15-20(10-13-26(21)30-4)9-12-24(28)23-16-22(29-3)11-14-27(23)31-5/h6-16H,17H2,1-5H3/b12-9+. The number of benzene rings is 3. The lowest BCUT2D eigenvalue weighted by molar-refractivity contribution is 0.104. The van der Waals surface area contributed by atoms with Crippen LogP contribution in [0.25, 0.3) is 6.08 Å². The highest BCUT2D eigenvalue weighted by atomic mass is 16.5. The Morgan fingerprint density at radius 1 is 0.844 bits per heavy atom. The monoisotopic (exact) mass is 432 g/mol. The molecule has 5 nitrogen and oxygen atoms in total. The molecular weight excluding hydrogens is 404 g/mol. The Kier molecular flexibility index (Phi) is 7.55. The Morgan fingerprint density at radius 3 is 2.31 bits per heavy atom. The summed E-state index contributed by atoms with van der Waals surface area (Å²) in [4.78, 5) is 12.8. The summed E-state index contributed by atoms with van der Waals surface area (Å²) in [5.41, 5.74) is 4.48. The second kappa shape index (κ2) is 10.5. The molecule has 0 spiro atoms. The summed E-state index contributed by atoms with van der Waals surface area (Å²) >= 11 is 0. The number of hydrogen-bond donors (Lipinski definition) is 0. The molecule has 0 aliphatic rings. The molecule has 0 aromatic heterocycles. The van der Waals surface area contributed by atoms with Crippen LogP contribution in [0.2, 0.25) is 0 Å². The maximum atomic E-state index is 12.8. The quantitative estimate of drug-likeness (QED) is 0.316. The third-order valence-electron chi connectivity index (χ3n) is 5.34. The van der Waals surface area contributed by atoms with Crippen LogP contribution in [0.1, 0.15) is 32.6 Å². The van der Waals surface area contributed by atoms with Crippen LogP contribution in [-0.2, 0) is 6.61 Å². The van der Waals surface area contributed by atoms with Gasteiger partial charge in [0.05, 0.1) is 26.9 Å². The molecule has 0 amide bonds. The highest BCUT2D eigenvalue weighted by molar-refractivity contribution is 6.08. The van der Waals surface area contributed by atoms with Gasteiger partial charge < -0.3 is 18.9 Å². The number of carbonyl (C=O) groups is 1. The first-order valence-electron chi connectivity index (χ1n) is 10.3. The maximum Gasteiger partial charge on any atom is 0.189 e. The minimum Gasteiger partial charge on any atom is -0.497 e. The third-order valence-corrected chi connectivity index (χ3v) is 5.34. The van der Waals surface area contributed by atoms with Crippen molar-refractivity contribution in [1.82, 2.24) is 0 Å². The van der Waals surface area contributed by atoms with E-state index in [4.69, 9.17) is 18.9 Å². The number of rotatable bonds is 9. The van der Waals surface area contributed by atoms with Gasteiger partial charge in [0, 0.05) is 5.56 Å². The lowest BCUT2D eigenvalue weighted by atomic mass is 10.1. The SMILES string of the molecule is COc1ccc(OC)c(C(=O)/C=C/c2ccc(OC)c(COc3cccc(C)c3C)c2)c1. The van der Waals surface area contributed by atoms with Crippen molar-refractivity contribution < 1.29 is 23.7 Å². The van der Waals surface area contributed by atoms with Crippen LogP contribution in [0.3, 0.4) is 0 Å². The van der Waals surface area contributed by atoms with Gasteiger partial charge in [0.2, 0.25) is 0 Å². The molecule has 0 unspecified atom stereocenters. The average Bonchev–Trinajstić information content (AvgIpc) is 2.83. The van der Waals surface area contributed by atoms with Crippen LogP contribution >= 0.6 is 0 Å². The van der Waals surface area contributed by atoms with E-state index in [-0.39, 0.29) is 5.78 Å². The molecule has 3 rings (SSSR count). The summed E-state index contributed by atoms with van der Waals surface area (Å²) in [5, 5.41) is 0. The normalized spacial score (nSPS) is 10.8. The van der Waals surface area contributed by atoms with Crippen LogP contribution in [0.15, 0.2) is 60.7 Å². The van der Waals surface area contributed by atoms with Crippen LogP contribution in [0.4, 0.5) is 0 Å². The number of ether oxygens (including phenoxy) is 4. The molecule has 0 aliphatic heterocycles. The summed E-state index contributed by atoms with van der Waals surface area (Å²) in [5.74, 6) is 2.49. The van der Waals surface area contributed by atoms with Gasteiger partial charge in [-0.2, -0.15) is 0 Å². The van der Waals surface area contributed by atoms with Crippen molar-refractivity contribution in [2.45, 2.75) is 20.5 Å². The summed E-state index contributed by atoms with van der Waals surface area (Å²) in [7, 11) is 4.73. The van der Waals surface area contributed by atoms with Crippen molar-refractivity contribution in [3.63, 3.8) is 0 Å². The zero-order valence-electron chi connectivity index (χ0n) is 19.1. The second-order valence-electron chi connectivity index (χ2n) is 7.32. The number of ketones is 1. The van der Waals surface area contributed by atoms with Crippen LogP contribution < -0.4 is 18.9 Å². The number of aryl methyl sites for hydroxylation is 1. The Hall–Kier alpha value is -3.73. The predicted molar refractivity (Wildman–Crippen MR) is 126 cm³/mol. The smallest absolute Gasteiger partial charge is 0.189 e. The van der Waals surface area contributed by atoms with Gasteiger partial charge in [0.1, 0.15) is 29.6 Å². The van der Waals surface area contributed by atoms with Gasteiger partial charge in [-0.25, -0.2) is 0 Å². The molecule has 0 atom stereocenters. The minimum atomic E-state index is -0.176. The van der Waals surface area contributed by atoms with Crippen molar-refractivity contribution in [2.24, 2.45) is 0 Å². The van der Waals surface area contributed by atoms with E-state index in [1.807, 2.05) is 37.3 Å². The predicted octanol–water partition coefficient (Wildman–Crippen LogP) is 5.80. The number of methoxy groups -OCH3 is 3. The molecule has 0 saturated heterocycles. The Balaban J connectivity index is 1.81. The van der Waals surface area contributed by atoms with Gasteiger partial charge in [-0.3, -0.25) is 4.79 Å². The summed E-state index contributed by atoms with van der Waals surface area (Å²) < 4.78 is 22.1. The van der Waals surface area contributed by atoms with Crippen LogP contribution in [0.5, 0.6) is 23.0 Å². The van der Waals surface area contributed by atoms with Crippen molar-refractivity contribution in [3.8, 4) is 23.0 Å². The molecular formula is C27H28O5. The summed E-state index contributed by atoms with van der Waals surface area (Å²) in [6, 6.07) is 16.9. The highest BCUT2D eigenvalue weighted by Crippen LogP contribution is 2.27. The summed E-state index contributed by atoms with van der Waals surface area (Å²) in [6.07, 6.45) is 3.29. The average molecular weight is 433 g/mol. The molecule has 166 valence electrons. The van der Waals surface area contributed by atoms with E-state index in [0.29, 0.717) is 23.7 Å². The first-order valence-corrected chi connectivity index (χ1v) is 10.3. The van der Waals surface area contributed by atoms with Crippen LogP contribution in [-0.4, -0.2) is 27.1 Å². The fourth-order valence-corrected chi connectivity index (χ4v) is 3.32.